The number of hydrogen-bond donors (Lipinski definition) is 2. The molecule has 0 aliphatic heterocycles. The summed E-state index contributed by atoms with van der Waals surface area (Å²) in [6.45, 7) is 4.29. The molecule has 0 atom stereocenters. The van der Waals surface area contributed by atoms with E-state index in [1.54, 1.807) is 13.8 Å². The zero-order chi connectivity index (χ0) is 12.5. The van der Waals surface area contributed by atoms with Crippen molar-refractivity contribution in [2.24, 2.45) is 5.92 Å². The maximum atomic E-state index is 11.1. The molecule has 0 spiro atoms. The number of carboxylic acid groups (broad SMARTS) is 1. The molecule has 0 unspecified atom stereocenters. The van der Waals surface area contributed by atoms with Gasteiger partial charge in [-0.3, -0.25) is 4.79 Å². The quantitative estimate of drug-likeness (QED) is 0.819. The lowest BCUT2D eigenvalue weighted by Crippen LogP contribution is -2.28. The molecule has 94 valence electrons. The van der Waals surface area contributed by atoms with Gasteiger partial charge in [0.2, 0.25) is 0 Å². The first-order valence-corrected chi connectivity index (χ1v) is 6.81. The van der Waals surface area contributed by atoms with Crippen molar-refractivity contribution >= 4 is 22.4 Å². The predicted molar refractivity (Wildman–Crippen MR) is 68.6 cm³/mol. The fourth-order valence-electron chi connectivity index (χ4n) is 1.54. The minimum absolute atomic E-state index is 0.629. The molecule has 1 fully saturated rings. The van der Waals surface area contributed by atoms with Crippen molar-refractivity contribution in [2.45, 2.75) is 38.5 Å². The van der Waals surface area contributed by atoms with Gasteiger partial charge in [0, 0.05) is 11.9 Å². The minimum Gasteiger partial charge on any atom is -0.481 e. The first-order valence-electron chi connectivity index (χ1n) is 5.93. The van der Waals surface area contributed by atoms with Crippen molar-refractivity contribution in [3.63, 3.8) is 0 Å². The predicted octanol–water partition coefficient (Wildman–Crippen LogP) is 2.72. The number of hydrogen-bond acceptors (Lipinski definition) is 4. The number of thiazole rings is 1. The van der Waals surface area contributed by atoms with Gasteiger partial charge < -0.3 is 10.4 Å². The van der Waals surface area contributed by atoms with Crippen LogP contribution in [-0.4, -0.2) is 22.6 Å². The van der Waals surface area contributed by atoms with Crippen LogP contribution in [0.15, 0.2) is 5.38 Å². The van der Waals surface area contributed by atoms with Gasteiger partial charge in [-0.2, -0.15) is 0 Å². The highest BCUT2D eigenvalue weighted by Gasteiger charge is 2.32. The Bertz CT molecular complexity index is 410. The summed E-state index contributed by atoms with van der Waals surface area (Å²) in [4.78, 5) is 15.4. The summed E-state index contributed by atoms with van der Waals surface area (Å²) in [6, 6.07) is 0. The number of carbonyl (C=O) groups is 1. The molecule has 0 radical (unpaired) electrons. The van der Waals surface area contributed by atoms with E-state index < -0.39 is 11.4 Å². The fourth-order valence-corrected chi connectivity index (χ4v) is 2.45. The van der Waals surface area contributed by atoms with Crippen molar-refractivity contribution in [1.29, 1.82) is 0 Å². The second kappa shape index (κ2) is 4.64. The lowest BCUT2D eigenvalue weighted by molar-refractivity contribution is -0.142. The Morgan fingerprint density at radius 1 is 1.65 bits per heavy atom. The van der Waals surface area contributed by atoms with Crippen molar-refractivity contribution < 1.29 is 9.90 Å². The molecule has 2 N–H and O–H groups in total. The van der Waals surface area contributed by atoms with Gasteiger partial charge in [0.15, 0.2) is 5.13 Å². The molecule has 1 aromatic heterocycles. The lowest BCUT2D eigenvalue weighted by atomic mass is 9.90. The third kappa shape index (κ3) is 2.97. The number of anilines is 1. The minimum atomic E-state index is -0.910. The highest BCUT2D eigenvalue weighted by molar-refractivity contribution is 7.13. The molecule has 0 saturated heterocycles. The SMILES string of the molecule is CC(C)(C(=O)O)c1csc(NCCC2CC2)n1. The third-order valence-corrected chi connectivity index (χ3v) is 4.00. The summed E-state index contributed by atoms with van der Waals surface area (Å²) in [7, 11) is 0. The zero-order valence-electron chi connectivity index (χ0n) is 10.2. The van der Waals surface area contributed by atoms with Gasteiger partial charge in [-0.25, -0.2) is 4.98 Å². The molecule has 1 aromatic rings. The molecule has 0 amide bonds. The highest BCUT2D eigenvalue weighted by atomic mass is 32.1. The van der Waals surface area contributed by atoms with Crippen LogP contribution in [-0.2, 0) is 10.2 Å². The van der Waals surface area contributed by atoms with Gasteiger partial charge in [0.05, 0.1) is 5.69 Å². The lowest BCUT2D eigenvalue weighted by Gasteiger charge is -2.15. The van der Waals surface area contributed by atoms with Crippen LogP contribution in [0.25, 0.3) is 0 Å². The second-order valence-electron chi connectivity index (χ2n) is 5.13. The first-order chi connectivity index (χ1) is 8.00. The van der Waals surface area contributed by atoms with Crippen molar-refractivity contribution in [3.8, 4) is 0 Å². The van der Waals surface area contributed by atoms with E-state index in [-0.39, 0.29) is 0 Å². The van der Waals surface area contributed by atoms with E-state index in [2.05, 4.69) is 10.3 Å². The van der Waals surface area contributed by atoms with E-state index in [0.29, 0.717) is 5.69 Å². The largest absolute Gasteiger partial charge is 0.481 e. The van der Waals surface area contributed by atoms with E-state index >= 15 is 0 Å². The van der Waals surface area contributed by atoms with Gasteiger partial charge in [-0.1, -0.05) is 12.8 Å². The van der Waals surface area contributed by atoms with Crippen LogP contribution in [0.5, 0.6) is 0 Å². The van der Waals surface area contributed by atoms with Gasteiger partial charge in [0.1, 0.15) is 5.41 Å². The summed E-state index contributed by atoms with van der Waals surface area (Å²) in [5.41, 5.74) is -0.281. The molecule has 2 rings (SSSR count). The first kappa shape index (κ1) is 12.4. The number of rotatable bonds is 6. The molecule has 0 aromatic carbocycles. The standard InChI is InChI=1S/C12H18N2O2S/c1-12(2,10(15)16)9-7-17-11(14-9)13-6-5-8-3-4-8/h7-8H,3-6H2,1-2H3,(H,13,14)(H,15,16). The number of nitrogens with zero attached hydrogens (tertiary/aromatic N) is 1. The average Bonchev–Trinajstić information content (AvgIpc) is 2.94. The van der Waals surface area contributed by atoms with Crippen molar-refractivity contribution in [1.82, 2.24) is 4.98 Å². The summed E-state index contributed by atoms with van der Waals surface area (Å²) in [6.07, 6.45) is 3.91. The topological polar surface area (TPSA) is 62.2 Å². The smallest absolute Gasteiger partial charge is 0.315 e. The van der Waals surface area contributed by atoms with Crippen molar-refractivity contribution in [2.75, 3.05) is 11.9 Å². The van der Waals surface area contributed by atoms with Gasteiger partial charge in [-0.15, -0.1) is 11.3 Å². The monoisotopic (exact) mass is 254 g/mol. The van der Waals surface area contributed by atoms with Crippen LogP contribution in [0.4, 0.5) is 5.13 Å². The summed E-state index contributed by atoms with van der Waals surface area (Å²) in [5.74, 6) is 0.0599. The van der Waals surface area contributed by atoms with Crippen LogP contribution >= 0.6 is 11.3 Å². The van der Waals surface area contributed by atoms with E-state index in [9.17, 15) is 4.79 Å². The molecule has 4 nitrogen and oxygen atoms in total. The number of carboxylic acids is 1. The zero-order valence-corrected chi connectivity index (χ0v) is 11.0. The maximum Gasteiger partial charge on any atom is 0.315 e. The fraction of sp³-hybridized carbons (Fsp3) is 0.667. The maximum absolute atomic E-state index is 11.1. The molecular formula is C12H18N2O2S. The highest BCUT2D eigenvalue weighted by Crippen LogP contribution is 2.32. The Balaban J connectivity index is 1.92. The van der Waals surface area contributed by atoms with E-state index in [4.69, 9.17) is 5.11 Å². The normalized spacial score (nSPS) is 15.9. The summed E-state index contributed by atoms with van der Waals surface area (Å²) < 4.78 is 0. The van der Waals surface area contributed by atoms with E-state index in [1.807, 2.05) is 5.38 Å². The van der Waals surface area contributed by atoms with E-state index in [0.717, 1.165) is 17.6 Å². The Morgan fingerprint density at radius 2 is 2.35 bits per heavy atom. The molecule has 1 aliphatic rings. The third-order valence-electron chi connectivity index (χ3n) is 3.20. The van der Waals surface area contributed by atoms with Crippen LogP contribution in [0.3, 0.4) is 0 Å². The molecule has 1 aliphatic carbocycles. The van der Waals surface area contributed by atoms with Gasteiger partial charge in [-0.05, 0) is 26.2 Å². The number of aliphatic carboxylic acids is 1. The van der Waals surface area contributed by atoms with Gasteiger partial charge >= 0.3 is 5.97 Å². The van der Waals surface area contributed by atoms with Crippen molar-refractivity contribution in [3.05, 3.63) is 11.1 Å². The summed E-state index contributed by atoms with van der Waals surface area (Å²) in [5, 5.41) is 15.0. The molecule has 1 saturated carbocycles. The Morgan fingerprint density at radius 3 is 2.94 bits per heavy atom. The van der Waals surface area contributed by atoms with Crippen LogP contribution in [0, 0.1) is 5.92 Å². The Kier molecular flexibility index (Phi) is 3.38. The molecule has 17 heavy (non-hydrogen) atoms. The average molecular weight is 254 g/mol. The molecule has 5 heteroatoms. The van der Waals surface area contributed by atoms with Gasteiger partial charge in [0.25, 0.3) is 0 Å². The van der Waals surface area contributed by atoms with E-state index in [1.165, 1.54) is 30.6 Å². The Hall–Kier alpha value is -1.10. The number of aromatic nitrogens is 1. The molecular weight excluding hydrogens is 236 g/mol. The van der Waals surface area contributed by atoms with Crippen LogP contribution in [0.1, 0.15) is 38.8 Å². The molecule has 1 heterocycles. The second-order valence-corrected chi connectivity index (χ2v) is 5.98. The van der Waals surface area contributed by atoms with Crippen LogP contribution in [0.2, 0.25) is 0 Å². The Labute approximate surface area is 105 Å². The summed E-state index contributed by atoms with van der Waals surface area (Å²) >= 11 is 1.48. The van der Waals surface area contributed by atoms with Crippen LogP contribution < -0.4 is 5.32 Å². The molecule has 0 bridgehead atoms. The number of nitrogens with one attached hydrogen (secondary N) is 1.